The number of alkyl halides is 3. The summed E-state index contributed by atoms with van der Waals surface area (Å²) in [6.45, 7) is 0.126. The second-order valence-electron chi connectivity index (χ2n) is 3.38. The van der Waals surface area contributed by atoms with Gasteiger partial charge < -0.3 is 5.11 Å². The molecule has 1 aromatic carbocycles. The van der Waals surface area contributed by atoms with Crippen molar-refractivity contribution in [3.05, 3.63) is 35.4 Å². The van der Waals surface area contributed by atoms with Crippen LogP contribution in [0.15, 0.2) is 24.3 Å². The summed E-state index contributed by atoms with van der Waals surface area (Å²) in [7, 11) is 0. The van der Waals surface area contributed by atoms with Crippen LogP contribution in [-0.2, 0) is 12.6 Å². The number of aliphatic hydroxyl groups is 1. The Balaban J connectivity index is 2.57. The molecule has 0 unspecified atom stereocenters. The molecule has 1 aromatic rings. The van der Waals surface area contributed by atoms with Gasteiger partial charge in [0.25, 0.3) is 0 Å². The highest BCUT2D eigenvalue weighted by molar-refractivity contribution is 5.24. The number of unbranched alkanes of at least 4 members (excludes halogenated alkanes) is 1. The topological polar surface area (TPSA) is 20.2 Å². The molecule has 0 spiro atoms. The summed E-state index contributed by atoms with van der Waals surface area (Å²) in [6.07, 6.45) is -2.08. The first-order valence-corrected chi connectivity index (χ1v) is 4.81. The molecule has 1 rings (SSSR count). The Morgan fingerprint density at radius 3 is 2.07 bits per heavy atom. The van der Waals surface area contributed by atoms with E-state index in [-0.39, 0.29) is 6.61 Å². The molecule has 0 fully saturated rings. The van der Waals surface area contributed by atoms with Crippen molar-refractivity contribution >= 4 is 0 Å². The van der Waals surface area contributed by atoms with E-state index in [1.54, 1.807) is 0 Å². The Morgan fingerprint density at radius 1 is 1.00 bits per heavy atom. The van der Waals surface area contributed by atoms with E-state index in [2.05, 4.69) is 0 Å². The Bertz CT molecular complexity index is 290. The molecule has 0 saturated heterocycles. The number of halogens is 3. The lowest BCUT2D eigenvalue weighted by Gasteiger charge is -2.07. The summed E-state index contributed by atoms with van der Waals surface area (Å²) in [5.41, 5.74) is 0.254. The highest BCUT2D eigenvalue weighted by Crippen LogP contribution is 2.29. The van der Waals surface area contributed by atoms with Crippen molar-refractivity contribution in [3.8, 4) is 0 Å². The first kappa shape index (κ1) is 12.0. The van der Waals surface area contributed by atoms with Crippen LogP contribution in [0, 0.1) is 0 Å². The van der Waals surface area contributed by atoms with Gasteiger partial charge in [0.1, 0.15) is 0 Å². The van der Waals surface area contributed by atoms with Crippen molar-refractivity contribution in [2.24, 2.45) is 0 Å². The van der Waals surface area contributed by atoms with Crippen molar-refractivity contribution in [3.63, 3.8) is 0 Å². The number of benzene rings is 1. The quantitative estimate of drug-likeness (QED) is 0.770. The zero-order chi connectivity index (χ0) is 11.3. The molecule has 15 heavy (non-hydrogen) atoms. The third-order valence-electron chi connectivity index (χ3n) is 2.15. The molecule has 4 heteroatoms. The van der Waals surface area contributed by atoms with E-state index in [1.807, 2.05) is 0 Å². The van der Waals surface area contributed by atoms with Gasteiger partial charge in [0.2, 0.25) is 0 Å². The monoisotopic (exact) mass is 218 g/mol. The van der Waals surface area contributed by atoms with E-state index in [0.717, 1.165) is 24.1 Å². The molecular weight excluding hydrogens is 205 g/mol. The second-order valence-corrected chi connectivity index (χ2v) is 3.38. The molecule has 0 aliphatic carbocycles. The molecule has 0 aromatic heterocycles. The maximum atomic E-state index is 12.2. The van der Waals surface area contributed by atoms with Gasteiger partial charge in [-0.3, -0.25) is 0 Å². The third kappa shape index (κ3) is 3.91. The standard InChI is InChI=1S/C11H13F3O/c12-11(13,14)10-6-4-9(5-7-10)3-1-2-8-15/h4-7,15H,1-3,8H2. The van der Waals surface area contributed by atoms with E-state index in [4.69, 9.17) is 5.11 Å². The molecule has 1 N–H and O–H groups in total. The van der Waals surface area contributed by atoms with Crippen LogP contribution in [0.25, 0.3) is 0 Å². The van der Waals surface area contributed by atoms with Gasteiger partial charge in [0.15, 0.2) is 0 Å². The summed E-state index contributed by atoms with van der Waals surface area (Å²) >= 11 is 0. The van der Waals surface area contributed by atoms with Crippen molar-refractivity contribution in [1.82, 2.24) is 0 Å². The van der Waals surface area contributed by atoms with Gasteiger partial charge in [0.05, 0.1) is 5.56 Å². The minimum Gasteiger partial charge on any atom is -0.396 e. The van der Waals surface area contributed by atoms with Crippen LogP contribution in [0.3, 0.4) is 0 Å². The number of rotatable bonds is 4. The fourth-order valence-corrected chi connectivity index (χ4v) is 1.30. The molecule has 0 atom stereocenters. The SMILES string of the molecule is OCCCCc1ccc(C(F)(F)F)cc1. The average molecular weight is 218 g/mol. The van der Waals surface area contributed by atoms with Gasteiger partial charge in [0, 0.05) is 6.61 Å². The average Bonchev–Trinajstić information content (AvgIpc) is 2.18. The summed E-state index contributed by atoms with van der Waals surface area (Å²) in [6, 6.07) is 5.16. The maximum absolute atomic E-state index is 12.2. The van der Waals surface area contributed by atoms with E-state index in [0.29, 0.717) is 12.8 Å². The van der Waals surface area contributed by atoms with Gasteiger partial charge in [-0.15, -0.1) is 0 Å². The summed E-state index contributed by atoms with van der Waals surface area (Å²) in [5.74, 6) is 0. The summed E-state index contributed by atoms with van der Waals surface area (Å²) in [5, 5.41) is 8.55. The fourth-order valence-electron chi connectivity index (χ4n) is 1.30. The normalized spacial score (nSPS) is 11.7. The zero-order valence-corrected chi connectivity index (χ0v) is 8.22. The maximum Gasteiger partial charge on any atom is 0.416 e. The van der Waals surface area contributed by atoms with Crippen LogP contribution in [0.1, 0.15) is 24.0 Å². The van der Waals surface area contributed by atoms with Gasteiger partial charge in [-0.1, -0.05) is 12.1 Å². The fraction of sp³-hybridized carbons (Fsp3) is 0.455. The summed E-state index contributed by atoms with van der Waals surface area (Å²) < 4.78 is 36.6. The van der Waals surface area contributed by atoms with Crippen molar-refractivity contribution < 1.29 is 18.3 Å². The second kappa shape index (κ2) is 5.16. The highest BCUT2D eigenvalue weighted by atomic mass is 19.4. The predicted molar refractivity (Wildman–Crippen MR) is 51.5 cm³/mol. The smallest absolute Gasteiger partial charge is 0.396 e. The van der Waals surface area contributed by atoms with E-state index in [9.17, 15) is 13.2 Å². The van der Waals surface area contributed by atoms with Crippen molar-refractivity contribution in [1.29, 1.82) is 0 Å². The van der Waals surface area contributed by atoms with Crippen LogP contribution in [0.4, 0.5) is 13.2 Å². The Hall–Kier alpha value is -1.03. The van der Waals surface area contributed by atoms with E-state index in [1.165, 1.54) is 12.1 Å². The molecule has 0 heterocycles. The number of hydrogen-bond acceptors (Lipinski definition) is 1. The van der Waals surface area contributed by atoms with Crippen molar-refractivity contribution in [2.75, 3.05) is 6.61 Å². The molecule has 0 bridgehead atoms. The predicted octanol–water partition coefficient (Wildman–Crippen LogP) is 3.02. The third-order valence-corrected chi connectivity index (χ3v) is 2.15. The van der Waals surface area contributed by atoms with Gasteiger partial charge in [-0.2, -0.15) is 13.2 Å². The number of aliphatic hydroxyl groups excluding tert-OH is 1. The zero-order valence-electron chi connectivity index (χ0n) is 8.22. The van der Waals surface area contributed by atoms with Crippen LogP contribution < -0.4 is 0 Å². The lowest BCUT2D eigenvalue weighted by atomic mass is 10.1. The van der Waals surface area contributed by atoms with Crippen molar-refractivity contribution in [2.45, 2.75) is 25.4 Å². The van der Waals surface area contributed by atoms with Gasteiger partial charge in [-0.25, -0.2) is 0 Å². The Morgan fingerprint density at radius 2 is 1.60 bits per heavy atom. The van der Waals surface area contributed by atoms with E-state index >= 15 is 0 Å². The molecule has 0 aliphatic heterocycles. The van der Waals surface area contributed by atoms with Crippen LogP contribution in [0.5, 0.6) is 0 Å². The minimum absolute atomic E-state index is 0.126. The van der Waals surface area contributed by atoms with E-state index < -0.39 is 11.7 Å². The molecular formula is C11H13F3O. The molecule has 1 nitrogen and oxygen atoms in total. The first-order valence-electron chi connectivity index (χ1n) is 4.81. The number of aryl methyl sites for hydroxylation is 1. The number of hydrogen-bond donors (Lipinski definition) is 1. The molecule has 0 aliphatic rings. The largest absolute Gasteiger partial charge is 0.416 e. The molecule has 0 saturated carbocycles. The minimum atomic E-state index is -4.26. The summed E-state index contributed by atoms with van der Waals surface area (Å²) in [4.78, 5) is 0. The van der Waals surface area contributed by atoms with Crippen LogP contribution in [-0.4, -0.2) is 11.7 Å². The molecule has 0 radical (unpaired) electrons. The first-order chi connectivity index (χ1) is 7.04. The lowest BCUT2D eigenvalue weighted by Crippen LogP contribution is -2.04. The van der Waals surface area contributed by atoms with Crippen LogP contribution >= 0.6 is 0 Å². The Labute approximate surface area is 86.5 Å². The molecule has 84 valence electrons. The van der Waals surface area contributed by atoms with Crippen LogP contribution in [0.2, 0.25) is 0 Å². The Kier molecular flexibility index (Phi) is 4.15. The van der Waals surface area contributed by atoms with Gasteiger partial charge in [-0.05, 0) is 37.0 Å². The van der Waals surface area contributed by atoms with Gasteiger partial charge >= 0.3 is 6.18 Å². The highest BCUT2D eigenvalue weighted by Gasteiger charge is 2.29. The lowest BCUT2D eigenvalue weighted by molar-refractivity contribution is -0.137. The molecule has 0 amide bonds.